The van der Waals surface area contributed by atoms with Crippen molar-refractivity contribution < 1.29 is 12.8 Å². The van der Waals surface area contributed by atoms with Crippen molar-refractivity contribution in [3.05, 3.63) is 48.3 Å². The van der Waals surface area contributed by atoms with Crippen molar-refractivity contribution in [1.29, 1.82) is 0 Å². The van der Waals surface area contributed by atoms with E-state index in [4.69, 9.17) is 10.9 Å². The van der Waals surface area contributed by atoms with E-state index in [-0.39, 0.29) is 16.4 Å². The molecule has 2 aromatic rings. The van der Waals surface area contributed by atoms with Crippen LogP contribution in [0.15, 0.2) is 47.4 Å². The van der Waals surface area contributed by atoms with E-state index in [2.05, 4.69) is 0 Å². The number of hydrogen-bond acceptors (Lipinski definition) is 4. The summed E-state index contributed by atoms with van der Waals surface area (Å²) in [5.41, 5.74) is 7.40. The van der Waals surface area contributed by atoms with Gasteiger partial charge in [0.1, 0.15) is 5.82 Å². The number of hydrogen-bond donors (Lipinski definition) is 2. The topological polar surface area (TPSA) is 89.4 Å². The average Bonchev–Trinajstić information content (AvgIpc) is 2.40. The molecule has 0 amide bonds. The van der Waals surface area contributed by atoms with E-state index >= 15 is 0 Å². The summed E-state index contributed by atoms with van der Waals surface area (Å²) in [7, 11) is -3.80. The van der Waals surface area contributed by atoms with Gasteiger partial charge in [0.15, 0.2) is 0 Å². The zero-order chi connectivity index (χ0) is 15.6. The smallest absolute Gasteiger partial charge is 0.238 e. The molecular formula is C14H16FN3O2S. The Bertz CT molecular complexity index is 763. The number of benzene rings is 2. The second-order valence-corrected chi connectivity index (χ2v) is 6.05. The molecule has 0 saturated carbocycles. The van der Waals surface area contributed by atoms with Gasteiger partial charge in [0, 0.05) is 12.2 Å². The first-order valence-corrected chi connectivity index (χ1v) is 7.83. The minimum atomic E-state index is -3.80. The zero-order valence-electron chi connectivity index (χ0n) is 11.5. The van der Waals surface area contributed by atoms with Gasteiger partial charge in [0.05, 0.1) is 16.3 Å². The first kappa shape index (κ1) is 15.3. The summed E-state index contributed by atoms with van der Waals surface area (Å²) in [6.45, 7) is 2.43. The first-order valence-electron chi connectivity index (χ1n) is 6.28. The number of nitrogens with zero attached hydrogens (tertiary/aromatic N) is 1. The predicted molar refractivity (Wildman–Crippen MR) is 81.3 cm³/mol. The molecule has 5 nitrogen and oxygen atoms in total. The summed E-state index contributed by atoms with van der Waals surface area (Å²) in [6.07, 6.45) is 0. The Labute approximate surface area is 123 Å². The van der Waals surface area contributed by atoms with Crippen LogP contribution in [0.2, 0.25) is 0 Å². The van der Waals surface area contributed by atoms with Crippen LogP contribution in [0.25, 0.3) is 0 Å². The van der Waals surface area contributed by atoms with Gasteiger partial charge in [-0.1, -0.05) is 6.07 Å². The maximum atomic E-state index is 13.3. The molecule has 0 aliphatic rings. The molecule has 112 valence electrons. The monoisotopic (exact) mass is 309 g/mol. The van der Waals surface area contributed by atoms with E-state index in [1.54, 1.807) is 23.1 Å². The highest BCUT2D eigenvalue weighted by molar-refractivity contribution is 7.89. The lowest BCUT2D eigenvalue weighted by Crippen LogP contribution is -2.18. The third-order valence-corrected chi connectivity index (χ3v) is 3.97. The van der Waals surface area contributed by atoms with Gasteiger partial charge in [0.25, 0.3) is 0 Å². The van der Waals surface area contributed by atoms with Crippen molar-refractivity contribution >= 4 is 27.1 Å². The van der Waals surface area contributed by atoms with Crippen LogP contribution in [0.3, 0.4) is 0 Å². The number of nitrogens with two attached hydrogens (primary N) is 2. The van der Waals surface area contributed by atoms with Gasteiger partial charge in [0.2, 0.25) is 10.0 Å². The van der Waals surface area contributed by atoms with Crippen molar-refractivity contribution in [2.24, 2.45) is 5.14 Å². The van der Waals surface area contributed by atoms with Crippen LogP contribution >= 0.6 is 0 Å². The van der Waals surface area contributed by atoms with Gasteiger partial charge in [-0.3, -0.25) is 0 Å². The molecule has 21 heavy (non-hydrogen) atoms. The number of anilines is 3. The van der Waals surface area contributed by atoms with Gasteiger partial charge >= 0.3 is 0 Å². The molecule has 0 aliphatic heterocycles. The first-order chi connectivity index (χ1) is 9.82. The lowest BCUT2D eigenvalue weighted by Gasteiger charge is -2.25. The SMILES string of the molecule is CCN(c1cccc(F)c1)c1ccc(S(N)(=O)=O)cc1N. The standard InChI is InChI=1S/C14H16FN3O2S/c1-2-18(11-5-3-4-10(15)8-11)14-7-6-12(9-13(14)16)21(17,19)20/h3-9H,2,16H2,1H3,(H2,17,19,20). The lowest BCUT2D eigenvalue weighted by atomic mass is 10.2. The Hall–Kier alpha value is -2.12. The van der Waals surface area contributed by atoms with Crippen molar-refractivity contribution in [2.45, 2.75) is 11.8 Å². The number of rotatable bonds is 4. The Kier molecular flexibility index (Phi) is 4.15. The summed E-state index contributed by atoms with van der Waals surface area (Å²) < 4.78 is 36.0. The lowest BCUT2D eigenvalue weighted by molar-refractivity contribution is 0.598. The second-order valence-electron chi connectivity index (χ2n) is 4.49. The number of halogens is 1. The van der Waals surface area contributed by atoms with E-state index < -0.39 is 10.0 Å². The summed E-state index contributed by atoms with van der Waals surface area (Å²) >= 11 is 0. The van der Waals surface area contributed by atoms with Crippen LogP contribution in [0, 0.1) is 5.82 Å². The van der Waals surface area contributed by atoms with Crippen LogP contribution < -0.4 is 15.8 Å². The van der Waals surface area contributed by atoms with Gasteiger partial charge in [-0.15, -0.1) is 0 Å². The fraction of sp³-hybridized carbons (Fsp3) is 0.143. The summed E-state index contributed by atoms with van der Waals surface area (Å²) in [5.74, 6) is -0.356. The molecule has 0 spiro atoms. The highest BCUT2D eigenvalue weighted by Crippen LogP contribution is 2.31. The van der Waals surface area contributed by atoms with Crippen LogP contribution in [-0.2, 0) is 10.0 Å². The van der Waals surface area contributed by atoms with Crippen molar-refractivity contribution in [1.82, 2.24) is 0 Å². The molecule has 2 rings (SSSR count). The summed E-state index contributed by atoms with van der Waals surface area (Å²) in [5, 5.41) is 5.07. The van der Waals surface area contributed by atoms with Crippen LogP contribution in [0.1, 0.15) is 6.92 Å². The molecule has 7 heteroatoms. The maximum absolute atomic E-state index is 13.3. The maximum Gasteiger partial charge on any atom is 0.238 e. The number of sulfonamides is 1. The van der Waals surface area contributed by atoms with E-state index in [1.807, 2.05) is 6.92 Å². The molecule has 0 saturated heterocycles. The van der Waals surface area contributed by atoms with Gasteiger partial charge < -0.3 is 10.6 Å². The largest absolute Gasteiger partial charge is 0.397 e. The van der Waals surface area contributed by atoms with Crippen LogP contribution in [0.5, 0.6) is 0 Å². The minimum absolute atomic E-state index is 0.0564. The molecule has 0 radical (unpaired) electrons. The predicted octanol–water partition coefficient (Wildman–Crippen LogP) is 2.21. The fourth-order valence-corrected chi connectivity index (χ4v) is 2.64. The van der Waals surface area contributed by atoms with Gasteiger partial charge in [-0.05, 0) is 43.3 Å². The van der Waals surface area contributed by atoms with Crippen molar-refractivity contribution in [2.75, 3.05) is 17.2 Å². The Balaban J connectivity index is 2.49. The second kappa shape index (κ2) is 5.71. The van der Waals surface area contributed by atoms with Crippen LogP contribution in [0.4, 0.5) is 21.5 Å². The Morgan fingerprint density at radius 2 is 1.90 bits per heavy atom. The normalized spacial score (nSPS) is 11.4. The van der Waals surface area contributed by atoms with E-state index in [1.165, 1.54) is 24.3 Å². The average molecular weight is 309 g/mol. The van der Waals surface area contributed by atoms with Gasteiger partial charge in [-0.25, -0.2) is 17.9 Å². The van der Waals surface area contributed by atoms with Gasteiger partial charge in [-0.2, -0.15) is 0 Å². The van der Waals surface area contributed by atoms with E-state index in [0.29, 0.717) is 17.9 Å². The van der Waals surface area contributed by atoms with E-state index in [9.17, 15) is 12.8 Å². The fourth-order valence-electron chi connectivity index (χ4n) is 2.09. The summed E-state index contributed by atoms with van der Waals surface area (Å²) in [4.78, 5) is 1.73. The molecule has 4 N–H and O–H groups in total. The number of primary sulfonamides is 1. The Morgan fingerprint density at radius 3 is 2.43 bits per heavy atom. The molecule has 0 aliphatic carbocycles. The quantitative estimate of drug-likeness (QED) is 0.847. The van der Waals surface area contributed by atoms with E-state index in [0.717, 1.165) is 0 Å². The zero-order valence-corrected chi connectivity index (χ0v) is 12.3. The van der Waals surface area contributed by atoms with Crippen LogP contribution in [-0.4, -0.2) is 15.0 Å². The van der Waals surface area contributed by atoms with Crippen molar-refractivity contribution in [3.63, 3.8) is 0 Å². The Morgan fingerprint density at radius 1 is 1.19 bits per heavy atom. The minimum Gasteiger partial charge on any atom is -0.397 e. The third-order valence-electron chi connectivity index (χ3n) is 3.05. The molecule has 0 unspecified atom stereocenters. The molecular weight excluding hydrogens is 293 g/mol. The highest BCUT2D eigenvalue weighted by atomic mass is 32.2. The summed E-state index contributed by atoms with van der Waals surface area (Å²) in [6, 6.07) is 10.3. The molecule has 2 aromatic carbocycles. The molecule has 0 heterocycles. The molecule has 0 fully saturated rings. The van der Waals surface area contributed by atoms with Crippen molar-refractivity contribution in [3.8, 4) is 0 Å². The molecule has 0 atom stereocenters. The highest BCUT2D eigenvalue weighted by Gasteiger charge is 2.15. The third kappa shape index (κ3) is 3.32. The number of nitrogen functional groups attached to an aromatic ring is 1. The molecule has 0 bridgehead atoms. The molecule has 0 aromatic heterocycles.